The molecule has 3 rings (SSSR count). The van der Waals surface area contributed by atoms with Gasteiger partial charge in [0.2, 0.25) is 0 Å². The molecule has 3 aromatic rings. The van der Waals surface area contributed by atoms with E-state index in [4.69, 9.17) is 28.9 Å². The number of nitriles is 1. The van der Waals surface area contributed by atoms with Gasteiger partial charge in [-0.2, -0.15) is 10.4 Å². The number of hydrogen-bond acceptors (Lipinski definition) is 4. The van der Waals surface area contributed by atoms with Gasteiger partial charge in [-0.25, -0.2) is 4.68 Å². The number of ketones is 1. The molecule has 0 fully saturated rings. The first-order valence-electron chi connectivity index (χ1n) is 7.31. The quantitative estimate of drug-likeness (QED) is 0.697. The Morgan fingerprint density at radius 1 is 1.20 bits per heavy atom. The minimum Gasteiger partial charge on any atom is -0.383 e. The predicted octanol–water partition coefficient (Wildman–Crippen LogP) is 4.19. The molecule has 0 aliphatic heterocycles. The Balaban J connectivity index is 1.99. The zero-order valence-electron chi connectivity index (χ0n) is 12.9. The molecule has 0 saturated heterocycles. The number of halogens is 2. The van der Waals surface area contributed by atoms with E-state index in [1.807, 2.05) is 36.4 Å². The van der Waals surface area contributed by atoms with Gasteiger partial charge in [0.15, 0.2) is 5.78 Å². The average Bonchev–Trinajstić information content (AvgIpc) is 2.93. The van der Waals surface area contributed by atoms with E-state index in [2.05, 4.69) is 5.10 Å². The standard InChI is InChI=1S/C18H12Cl2N4O/c19-12-6-7-15(20)13(8-12)16(25)10-24-18(22)14(9-21)17(23-24)11-4-2-1-3-5-11/h1-8H,10,22H2. The second kappa shape index (κ2) is 6.98. The average molecular weight is 371 g/mol. The first-order chi connectivity index (χ1) is 12.0. The molecule has 7 heteroatoms. The number of nitrogens with two attached hydrogens (primary N) is 1. The molecule has 0 bridgehead atoms. The molecule has 0 aliphatic rings. The van der Waals surface area contributed by atoms with Crippen molar-refractivity contribution in [2.24, 2.45) is 0 Å². The molecule has 0 radical (unpaired) electrons. The van der Waals surface area contributed by atoms with Crippen LogP contribution >= 0.6 is 23.2 Å². The van der Waals surface area contributed by atoms with Crippen LogP contribution in [0.25, 0.3) is 11.3 Å². The molecule has 5 nitrogen and oxygen atoms in total. The topological polar surface area (TPSA) is 84.7 Å². The molecule has 0 unspecified atom stereocenters. The number of hydrogen-bond donors (Lipinski definition) is 1. The maximum atomic E-state index is 12.5. The molecule has 0 amide bonds. The molecule has 2 aromatic carbocycles. The van der Waals surface area contributed by atoms with Crippen LogP contribution in [0.2, 0.25) is 10.0 Å². The van der Waals surface area contributed by atoms with E-state index in [0.717, 1.165) is 5.56 Å². The Hall–Kier alpha value is -2.81. The van der Waals surface area contributed by atoms with Crippen molar-refractivity contribution >= 4 is 34.8 Å². The fourth-order valence-electron chi connectivity index (χ4n) is 2.44. The Kier molecular flexibility index (Phi) is 4.75. The summed E-state index contributed by atoms with van der Waals surface area (Å²) >= 11 is 12.0. The molecular weight excluding hydrogens is 359 g/mol. The lowest BCUT2D eigenvalue weighted by molar-refractivity contribution is 0.0968. The summed E-state index contributed by atoms with van der Waals surface area (Å²) in [5.74, 6) is -0.168. The van der Waals surface area contributed by atoms with Crippen molar-refractivity contribution in [3.8, 4) is 17.3 Å². The van der Waals surface area contributed by atoms with Gasteiger partial charge >= 0.3 is 0 Å². The zero-order chi connectivity index (χ0) is 18.0. The lowest BCUT2D eigenvalue weighted by Gasteiger charge is -2.06. The summed E-state index contributed by atoms with van der Waals surface area (Å²) in [5, 5.41) is 14.4. The third kappa shape index (κ3) is 3.36. The molecule has 0 saturated carbocycles. The lowest BCUT2D eigenvalue weighted by Crippen LogP contribution is -2.14. The van der Waals surface area contributed by atoms with Crippen LogP contribution in [0.15, 0.2) is 48.5 Å². The second-order valence-electron chi connectivity index (χ2n) is 5.29. The Morgan fingerprint density at radius 2 is 1.92 bits per heavy atom. The van der Waals surface area contributed by atoms with Crippen molar-refractivity contribution in [1.82, 2.24) is 9.78 Å². The molecule has 0 spiro atoms. The van der Waals surface area contributed by atoms with Crippen LogP contribution in [0.3, 0.4) is 0 Å². The summed E-state index contributed by atoms with van der Waals surface area (Å²) in [7, 11) is 0. The maximum Gasteiger partial charge on any atom is 0.185 e. The SMILES string of the molecule is N#Cc1c(-c2ccccc2)nn(CC(=O)c2cc(Cl)ccc2Cl)c1N. The molecule has 124 valence electrons. The van der Waals surface area contributed by atoms with E-state index in [0.29, 0.717) is 15.7 Å². The number of anilines is 1. The summed E-state index contributed by atoms with van der Waals surface area (Å²) in [4.78, 5) is 12.5. The van der Waals surface area contributed by atoms with E-state index in [1.54, 1.807) is 12.1 Å². The Bertz CT molecular complexity index is 990. The number of benzene rings is 2. The zero-order valence-corrected chi connectivity index (χ0v) is 14.4. The van der Waals surface area contributed by atoms with Crippen molar-refractivity contribution in [1.29, 1.82) is 5.26 Å². The highest BCUT2D eigenvalue weighted by Crippen LogP contribution is 2.27. The van der Waals surface area contributed by atoms with Crippen LogP contribution in [0.4, 0.5) is 5.82 Å². The number of nitrogen functional groups attached to an aromatic ring is 1. The van der Waals surface area contributed by atoms with Crippen LogP contribution < -0.4 is 5.73 Å². The first kappa shape index (κ1) is 17.0. The molecular formula is C18H12Cl2N4O. The van der Waals surface area contributed by atoms with Crippen molar-refractivity contribution in [2.75, 3.05) is 5.73 Å². The summed E-state index contributed by atoms with van der Waals surface area (Å²) in [6.45, 7) is -0.145. The van der Waals surface area contributed by atoms with Gasteiger partial charge in [-0.3, -0.25) is 4.79 Å². The van der Waals surface area contributed by atoms with Gasteiger partial charge in [0, 0.05) is 16.1 Å². The molecule has 0 aliphatic carbocycles. The Morgan fingerprint density at radius 3 is 2.60 bits per heavy atom. The normalized spacial score (nSPS) is 10.4. The summed E-state index contributed by atoms with van der Waals surface area (Å²) in [6.07, 6.45) is 0. The van der Waals surface area contributed by atoms with Crippen LogP contribution in [0, 0.1) is 11.3 Å². The predicted molar refractivity (Wildman–Crippen MR) is 97.6 cm³/mol. The van der Waals surface area contributed by atoms with Crippen LogP contribution in [-0.2, 0) is 6.54 Å². The second-order valence-corrected chi connectivity index (χ2v) is 6.14. The molecule has 1 aromatic heterocycles. The fourth-order valence-corrected chi connectivity index (χ4v) is 2.83. The van der Waals surface area contributed by atoms with E-state index >= 15 is 0 Å². The van der Waals surface area contributed by atoms with Gasteiger partial charge in [0.1, 0.15) is 29.7 Å². The monoisotopic (exact) mass is 370 g/mol. The highest BCUT2D eigenvalue weighted by atomic mass is 35.5. The number of nitrogens with zero attached hydrogens (tertiary/aromatic N) is 3. The van der Waals surface area contributed by atoms with Gasteiger partial charge in [0.05, 0.1) is 5.02 Å². The fraction of sp³-hybridized carbons (Fsp3) is 0.0556. The summed E-state index contributed by atoms with van der Waals surface area (Å²) < 4.78 is 1.31. The first-order valence-corrected chi connectivity index (χ1v) is 8.07. The van der Waals surface area contributed by atoms with Gasteiger partial charge in [-0.1, -0.05) is 53.5 Å². The molecule has 2 N–H and O–H groups in total. The lowest BCUT2D eigenvalue weighted by atomic mass is 10.1. The highest BCUT2D eigenvalue weighted by Gasteiger charge is 2.20. The van der Waals surface area contributed by atoms with Crippen molar-refractivity contribution in [3.05, 3.63) is 69.7 Å². The van der Waals surface area contributed by atoms with Gasteiger partial charge in [0.25, 0.3) is 0 Å². The van der Waals surface area contributed by atoms with E-state index in [-0.39, 0.29) is 29.3 Å². The molecule has 25 heavy (non-hydrogen) atoms. The number of carbonyl (C=O) groups is 1. The number of Topliss-reactive ketones (excluding diaryl/α,β-unsaturated/α-hetero) is 1. The van der Waals surface area contributed by atoms with Crippen molar-refractivity contribution in [3.63, 3.8) is 0 Å². The highest BCUT2D eigenvalue weighted by molar-refractivity contribution is 6.35. The molecule has 0 atom stereocenters. The minimum atomic E-state index is -0.300. The van der Waals surface area contributed by atoms with Crippen LogP contribution in [0.5, 0.6) is 0 Å². The van der Waals surface area contributed by atoms with E-state index in [9.17, 15) is 10.1 Å². The van der Waals surface area contributed by atoms with Crippen LogP contribution in [-0.4, -0.2) is 15.6 Å². The Labute approximate surface area is 154 Å². The smallest absolute Gasteiger partial charge is 0.185 e. The summed E-state index contributed by atoms with van der Waals surface area (Å²) in [5.41, 5.74) is 7.71. The van der Waals surface area contributed by atoms with Gasteiger partial charge < -0.3 is 5.73 Å². The minimum absolute atomic E-state index is 0.132. The van der Waals surface area contributed by atoms with E-state index < -0.39 is 0 Å². The number of rotatable bonds is 4. The van der Waals surface area contributed by atoms with Crippen molar-refractivity contribution in [2.45, 2.75) is 6.54 Å². The summed E-state index contributed by atoms with van der Waals surface area (Å²) in [6, 6.07) is 15.9. The third-order valence-electron chi connectivity index (χ3n) is 3.67. The van der Waals surface area contributed by atoms with Crippen LogP contribution in [0.1, 0.15) is 15.9 Å². The maximum absolute atomic E-state index is 12.5. The van der Waals surface area contributed by atoms with Crippen molar-refractivity contribution < 1.29 is 4.79 Å². The third-order valence-corrected chi connectivity index (χ3v) is 4.24. The largest absolute Gasteiger partial charge is 0.383 e. The van der Waals surface area contributed by atoms with E-state index in [1.165, 1.54) is 10.7 Å². The number of carbonyl (C=O) groups excluding carboxylic acids is 1. The molecule has 1 heterocycles. The van der Waals surface area contributed by atoms with Gasteiger partial charge in [-0.05, 0) is 18.2 Å². The van der Waals surface area contributed by atoms with Gasteiger partial charge in [-0.15, -0.1) is 0 Å². The number of aromatic nitrogens is 2.